The first-order chi connectivity index (χ1) is 8.78. The second-order valence-corrected chi connectivity index (χ2v) is 4.75. The van der Waals surface area contributed by atoms with Crippen molar-refractivity contribution in [3.8, 4) is 0 Å². The van der Waals surface area contributed by atoms with E-state index in [-0.39, 0.29) is 0 Å². The van der Waals surface area contributed by atoms with Crippen LogP contribution in [0, 0.1) is 6.92 Å². The van der Waals surface area contributed by atoms with Crippen LogP contribution in [0.1, 0.15) is 24.9 Å². The molecule has 0 saturated carbocycles. The Balaban J connectivity index is 2.00. The van der Waals surface area contributed by atoms with E-state index in [4.69, 9.17) is 4.42 Å². The Hall–Kier alpha value is -1.56. The predicted octanol–water partition coefficient (Wildman–Crippen LogP) is 2.89. The normalized spacial score (nSPS) is 10.6. The molecule has 0 saturated heterocycles. The van der Waals surface area contributed by atoms with Gasteiger partial charge in [-0.2, -0.15) is 0 Å². The zero-order valence-corrected chi connectivity index (χ0v) is 11.3. The zero-order valence-electron chi connectivity index (χ0n) is 10.5. The molecule has 0 aliphatic heterocycles. The third-order valence-electron chi connectivity index (χ3n) is 2.19. The number of aryl methyl sites for hydroxylation is 1. The Labute approximate surface area is 110 Å². The minimum absolute atomic E-state index is 0.642. The maximum absolute atomic E-state index is 5.16. The lowest BCUT2D eigenvalue weighted by atomic mass is 10.4. The van der Waals surface area contributed by atoms with Gasteiger partial charge in [0.15, 0.2) is 0 Å². The summed E-state index contributed by atoms with van der Waals surface area (Å²) in [5, 5.41) is 3.91. The number of aromatic nitrogens is 3. The van der Waals surface area contributed by atoms with Crippen molar-refractivity contribution in [1.82, 2.24) is 15.0 Å². The summed E-state index contributed by atoms with van der Waals surface area (Å²) >= 11 is 1.49. The molecule has 96 valence electrons. The van der Waals surface area contributed by atoms with Crippen LogP contribution in [0.25, 0.3) is 0 Å². The number of thioether (sulfide) groups is 1. The Morgan fingerprint density at radius 1 is 1.39 bits per heavy atom. The van der Waals surface area contributed by atoms with Crippen molar-refractivity contribution in [1.29, 1.82) is 0 Å². The average Bonchev–Trinajstić information content (AvgIpc) is 2.86. The molecule has 0 unspecified atom stereocenters. The van der Waals surface area contributed by atoms with Gasteiger partial charge < -0.3 is 9.73 Å². The monoisotopic (exact) mass is 264 g/mol. The fraction of sp³-hybridized carbons (Fsp3) is 0.417. The quantitative estimate of drug-likeness (QED) is 0.809. The molecule has 0 aliphatic rings. The van der Waals surface area contributed by atoms with E-state index in [0.717, 1.165) is 30.3 Å². The van der Waals surface area contributed by atoms with Crippen LogP contribution in [0.3, 0.4) is 0 Å². The number of oxazole rings is 1. The minimum Gasteiger partial charge on any atom is -0.440 e. The summed E-state index contributed by atoms with van der Waals surface area (Å²) in [5.74, 6) is 2.33. The summed E-state index contributed by atoms with van der Waals surface area (Å²) in [5.41, 5.74) is 0.964. The summed E-state index contributed by atoms with van der Waals surface area (Å²) in [4.78, 5) is 12.9. The second-order valence-electron chi connectivity index (χ2n) is 3.82. The van der Waals surface area contributed by atoms with Crippen LogP contribution in [-0.2, 0) is 5.75 Å². The van der Waals surface area contributed by atoms with E-state index < -0.39 is 0 Å². The molecule has 0 aromatic carbocycles. The molecule has 2 aromatic heterocycles. The Bertz CT molecular complexity index is 487. The zero-order chi connectivity index (χ0) is 12.8. The van der Waals surface area contributed by atoms with E-state index in [1.54, 1.807) is 12.5 Å². The van der Waals surface area contributed by atoms with E-state index in [1.165, 1.54) is 11.8 Å². The number of hydrogen-bond acceptors (Lipinski definition) is 6. The first-order valence-corrected chi connectivity index (χ1v) is 6.87. The number of hydrogen-bond donors (Lipinski definition) is 1. The molecule has 1 N–H and O–H groups in total. The van der Waals surface area contributed by atoms with Gasteiger partial charge in [0.2, 0.25) is 0 Å². The van der Waals surface area contributed by atoms with Crippen LogP contribution < -0.4 is 5.32 Å². The molecule has 2 heterocycles. The molecule has 5 nitrogen and oxygen atoms in total. The highest BCUT2D eigenvalue weighted by atomic mass is 32.2. The molecular weight excluding hydrogens is 248 g/mol. The van der Waals surface area contributed by atoms with Gasteiger partial charge in [-0.3, -0.25) is 0 Å². The highest BCUT2D eigenvalue weighted by Gasteiger charge is 2.05. The molecule has 2 aromatic rings. The van der Waals surface area contributed by atoms with Crippen molar-refractivity contribution in [2.24, 2.45) is 0 Å². The molecule has 0 radical (unpaired) electrons. The van der Waals surface area contributed by atoms with E-state index in [0.29, 0.717) is 11.0 Å². The number of rotatable bonds is 6. The van der Waals surface area contributed by atoms with Crippen LogP contribution >= 0.6 is 11.8 Å². The van der Waals surface area contributed by atoms with Crippen molar-refractivity contribution in [3.05, 3.63) is 30.0 Å². The standard InChI is InChI=1S/C12H16N4OS/c1-3-4-13-10-7-9(2)15-11(16-10)8-18-12-14-5-6-17-12/h5-7H,3-4,8H2,1-2H3,(H,13,15,16). The lowest BCUT2D eigenvalue weighted by Gasteiger charge is -2.06. The Morgan fingerprint density at radius 2 is 2.28 bits per heavy atom. The summed E-state index contributed by atoms with van der Waals surface area (Å²) < 4.78 is 5.16. The van der Waals surface area contributed by atoms with Gasteiger partial charge in [-0.25, -0.2) is 15.0 Å². The first kappa shape index (κ1) is 12.9. The van der Waals surface area contributed by atoms with Crippen molar-refractivity contribution in [3.63, 3.8) is 0 Å². The van der Waals surface area contributed by atoms with Gasteiger partial charge >= 0.3 is 0 Å². The number of nitrogens with zero attached hydrogens (tertiary/aromatic N) is 3. The van der Waals surface area contributed by atoms with Crippen LogP contribution in [0.4, 0.5) is 5.82 Å². The van der Waals surface area contributed by atoms with Gasteiger partial charge in [0.25, 0.3) is 5.22 Å². The Morgan fingerprint density at radius 3 is 3.00 bits per heavy atom. The largest absolute Gasteiger partial charge is 0.440 e. The van der Waals surface area contributed by atoms with Crippen molar-refractivity contribution < 1.29 is 4.42 Å². The van der Waals surface area contributed by atoms with Crippen molar-refractivity contribution in [2.45, 2.75) is 31.2 Å². The highest BCUT2D eigenvalue weighted by molar-refractivity contribution is 7.98. The fourth-order valence-electron chi connectivity index (χ4n) is 1.45. The van der Waals surface area contributed by atoms with E-state index >= 15 is 0 Å². The Kier molecular flexibility index (Phi) is 4.58. The molecule has 6 heteroatoms. The molecule has 2 rings (SSSR count). The average molecular weight is 264 g/mol. The van der Waals surface area contributed by atoms with Crippen LogP contribution in [0.5, 0.6) is 0 Å². The maximum Gasteiger partial charge on any atom is 0.255 e. The third-order valence-corrected chi connectivity index (χ3v) is 3.04. The second kappa shape index (κ2) is 6.39. The van der Waals surface area contributed by atoms with E-state index in [1.807, 2.05) is 13.0 Å². The summed E-state index contributed by atoms with van der Waals surface area (Å²) in [6.07, 6.45) is 4.27. The van der Waals surface area contributed by atoms with Gasteiger partial charge in [-0.1, -0.05) is 18.7 Å². The van der Waals surface area contributed by atoms with Gasteiger partial charge in [0.05, 0.1) is 11.9 Å². The summed E-state index contributed by atoms with van der Waals surface area (Å²) in [7, 11) is 0. The van der Waals surface area contributed by atoms with Crippen LogP contribution in [0.2, 0.25) is 0 Å². The topological polar surface area (TPSA) is 63.8 Å². The molecule has 0 amide bonds. The van der Waals surface area contributed by atoms with Gasteiger partial charge in [0.1, 0.15) is 17.9 Å². The minimum atomic E-state index is 0.642. The smallest absolute Gasteiger partial charge is 0.255 e. The molecule has 0 fully saturated rings. The molecule has 18 heavy (non-hydrogen) atoms. The molecule has 0 atom stereocenters. The maximum atomic E-state index is 5.16. The first-order valence-electron chi connectivity index (χ1n) is 5.88. The summed E-state index contributed by atoms with van der Waals surface area (Å²) in [6, 6.07) is 1.95. The molecular formula is C12H16N4OS. The summed E-state index contributed by atoms with van der Waals surface area (Å²) in [6.45, 7) is 5.02. The molecule has 0 bridgehead atoms. The van der Waals surface area contributed by atoms with Crippen LogP contribution in [-0.4, -0.2) is 21.5 Å². The molecule has 0 spiro atoms. The fourth-order valence-corrected chi connectivity index (χ4v) is 2.09. The lowest BCUT2D eigenvalue weighted by molar-refractivity contribution is 0.454. The van der Waals surface area contributed by atoms with Crippen molar-refractivity contribution in [2.75, 3.05) is 11.9 Å². The predicted molar refractivity (Wildman–Crippen MR) is 71.6 cm³/mol. The third kappa shape index (κ3) is 3.73. The number of nitrogens with one attached hydrogen (secondary N) is 1. The van der Waals surface area contributed by atoms with Crippen LogP contribution in [0.15, 0.2) is 28.2 Å². The lowest BCUT2D eigenvalue weighted by Crippen LogP contribution is -2.05. The van der Waals surface area contributed by atoms with Gasteiger partial charge in [-0.15, -0.1) is 0 Å². The van der Waals surface area contributed by atoms with Gasteiger partial charge in [0, 0.05) is 18.3 Å². The van der Waals surface area contributed by atoms with E-state index in [9.17, 15) is 0 Å². The highest BCUT2D eigenvalue weighted by Crippen LogP contribution is 2.19. The SMILES string of the molecule is CCCNc1cc(C)nc(CSc2ncco2)n1. The number of anilines is 1. The molecule has 0 aliphatic carbocycles. The van der Waals surface area contributed by atoms with Crippen molar-refractivity contribution >= 4 is 17.6 Å². The van der Waals surface area contributed by atoms with Gasteiger partial charge in [-0.05, 0) is 13.3 Å². The van der Waals surface area contributed by atoms with E-state index in [2.05, 4.69) is 27.2 Å².